The van der Waals surface area contributed by atoms with Gasteiger partial charge in [-0.2, -0.15) is 0 Å². The van der Waals surface area contributed by atoms with E-state index < -0.39 is 24.5 Å². The molecule has 10 heteroatoms. The summed E-state index contributed by atoms with van der Waals surface area (Å²) in [5.41, 5.74) is 1.64. The SMILES string of the molecule is CCOC(=O)c1c(-c2ccc(OC)cc2)csc1NC(=O)COC(=O)c1cnc(C)s1. The minimum absolute atomic E-state index is 0.190. The van der Waals surface area contributed by atoms with Crippen molar-refractivity contribution in [2.24, 2.45) is 0 Å². The number of carbonyl (C=O) groups excluding carboxylic acids is 3. The van der Waals surface area contributed by atoms with Crippen molar-refractivity contribution in [3.05, 3.63) is 51.3 Å². The Hall–Kier alpha value is -3.24. The van der Waals surface area contributed by atoms with Crippen molar-refractivity contribution >= 4 is 45.5 Å². The van der Waals surface area contributed by atoms with E-state index in [-0.39, 0.29) is 12.2 Å². The van der Waals surface area contributed by atoms with Crippen LogP contribution in [-0.4, -0.2) is 43.2 Å². The lowest BCUT2D eigenvalue weighted by atomic mass is 10.0. The number of thiophene rings is 1. The van der Waals surface area contributed by atoms with Gasteiger partial charge >= 0.3 is 11.9 Å². The highest BCUT2D eigenvalue weighted by molar-refractivity contribution is 7.15. The zero-order valence-electron chi connectivity index (χ0n) is 17.1. The van der Waals surface area contributed by atoms with Crippen LogP contribution in [0.2, 0.25) is 0 Å². The number of ether oxygens (including phenoxy) is 3. The quantitative estimate of drug-likeness (QED) is 0.503. The zero-order valence-corrected chi connectivity index (χ0v) is 18.7. The molecule has 3 aromatic rings. The normalized spacial score (nSPS) is 10.4. The second kappa shape index (κ2) is 10.2. The first-order chi connectivity index (χ1) is 14.9. The van der Waals surface area contributed by atoms with Crippen LogP contribution in [0.25, 0.3) is 11.1 Å². The maximum absolute atomic E-state index is 12.6. The number of thiazole rings is 1. The lowest BCUT2D eigenvalue weighted by Crippen LogP contribution is -2.21. The van der Waals surface area contributed by atoms with Gasteiger partial charge in [-0.05, 0) is 31.5 Å². The standard InChI is InChI=1S/C21H20N2O6S2/c1-4-28-21(26)18-15(13-5-7-14(27-3)8-6-13)11-30-19(18)23-17(24)10-29-20(25)16-9-22-12(2)31-16/h5-9,11H,4,10H2,1-3H3,(H,23,24). The number of nitrogens with one attached hydrogen (secondary N) is 1. The fourth-order valence-corrected chi connectivity index (χ4v) is 4.30. The Balaban J connectivity index is 1.76. The van der Waals surface area contributed by atoms with Crippen molar-refractivity contribution in [2.75, 3.05) is 25.6 Å². The van der Waals surface area contributed by atoms with Gasteiger partial charge in [-0.15, -0.1) is 22.7 Å². The lowest BCUT2D eigenvalue weighted by molar-refractivity contribution is -0.119. The van der Waals surface area contributed by atoms with Gasteiger partial charge < -0.3 is 19.5 Å². The highest BCUT2D eigenvalue weighted by Crippen LogP contribution is 2.36. The van der Waals surface area contributed by atoms with E-state index in [0.29, 0.717) is 21.2 Å². The first kappa shape index (κ1) is 22.4. The van der Waals surface area contributed by atoms with Gasteiger partial charge in [-0.3, -0.25) is 4.79 Å². The number of rotatable bonds is 8. The van der Waals surface area contributed by atoms with E-state index in [9.17, 15) is 14.4 Å². The first-order valence-electron chi connectivity index (χ1n) is 9.25. The molecule has 1 amide bonds. The molecule has 1 N–H and O–H groups in total. The minimum Gasteiger partial charge on any atom is -0.497 e. The summed E-state index contributed by atoms with van der Waals surface area (Å²) < 4.78 is 15.4. The van der Waals surface area contributed by atoms with Crippen LogP contribution in [-0.2, 0) is 14.3 Å². The second-order valence-corrected chi connectivity index (χ2v) is 8.28. The van der Waals surface area contributed by atoms with Crippen molar-refractivity contribution in [2.45, 2.75) is 13.8 Å². The molecule has 8 nitrogen and oxygen atoms in total. The highest BCUT2D eigenvalue weighted by Gasteiger charge is 2.23. The third-order valence-electron chi connectivity index (χ3n) is 4.08. The zero-order chi connectivity index (χ0) is 22.4. The minimum atomic E-state index is -0.628. The molecule has 0 saturated carbocycles. The molecule has 0 unspecified atom stereocenters. The summed E-state index contributed by atoms with van der Waals surface area (Å²) in [5.74, 6) is -1.06. The number of hydrogen-bond donors (Lipinski definition) is 1. The Bertz CT molecular complexity index is 1090. The second-order valence-electron chi connectivity index (χ2n) is 6.17. The Morgan fingerprint density at radius 1 is 1.10 bits per heavy atom. The number of anilines is 1. The summed E-state index contributed by atoms with van der Waals surface area (Å²) in [7, 11) is 1.57. The summed E-state index contributed by atoms with van der Waals surface area (Å²) >= 11 is 2.37. The number of amides is 1. The van der Waals surface area contributed by atoms with Gasteiger partial charge in [-0.25, -0.2) is 14.6 Å². The number of aryl methyl sites for hydroxylation is 1. The summed E-state index contributed by atoms with van der Waals surface area (Å²) in [5, 5.41) is 5.44. The van der Waals surface area contributed by atoms with Crippen molar-refractivity contribution in [1.82, 2.24) is 4.98 Å². The van der Waals surface area contributed by atoms with Crippen LogP contribution in [0.15, 0.2) is 35.8 Å². The topological polar surface area (TPSA) is 104 Å². The Labute approximate surface area is 186 Å². The van der Waals surface area contributed by atoms with Crippen molar-refractivity contribution < 1.29 is 28.6 Å². The van der Waals surface area contributed by atoms with Gasteiger partial charge in [0.2, 0.25) is 0 Å². The molecule has 2 heterocycles. The fourth-order valence-electron chi connectivity index (χ4n) is 2.66. The summed E-state index contributed by atoms with van der Waals surface area (Å²) in [6.07, 6.45) is 1.40. The van der Waals surface area contributed by atoms with E-state index >= 15 is 0 Å². The van der Waals surface area contributed by atoms with Gasteiger partial charge in [0.1, 0.15) is 21.2 Å². The number of benzene rings is 1. The van der Waals surface area contributed by atoms with Gasteiger partial charge in [0.05, 0.1) is 24.9 Å². The molecular formula is C21H20N2O6S2. The number of esters is 2. The molecule has 3 rings (SSSR count). The highest BCUT2D eigenvalue weighted by atomic mass is 32.1. The van der Waals surface area contributed by atoms with Crippen LogP contribution in [0.4, 0.5) is 5.00 Å². The van der Waals surface area contributed by atoms with Crippen LogP contribution in [0.1, 0.15) is 32.0 Å². The van der Waals surface area contributed by atoms with Crippen molar-refractivity contribution in [3.63, 3.8) is 0 Å². The van der Waals surface area contributed by atoms with E-state index in [1.54, 1.807) is 38.5 Å². The largest absolute Gasteiger partial charge is 0.497 e. The average Bonchev–Trinajstić information content (AvgIpc) is 3.38. The molecule has 0 radical (unpaired) electrons. The summed E-state index contributed by atoms with van der Waals surface area (Å²) in [6.45, 7) is 3.17. The molecule has 0 aliphatic carbocycles. The first-order valence-corrected chi connectivity index (χ1v) is 10.9. The van der Waals surface area contributed by atoms with Crippen molar-refractivity contribution in [1.29, 1.82) is 0 Å². The monoisotopic (exact) mass is 460 g/mol. The van der Waals surface area contributed by atoms with Gasteiger partial charge in [0.25, 0.3) is 5.91 Å². The Morgan fingerprint density at radius 2 is 1.84 bits per heavy atom. The molecule has 0 saturated heterocycles. The Kier molecular flexibility index (Phi) is 7.37. The smallest absolute Gasteiger partial charge is 0.350 e. The number of aromatic nitrogens is 1. The van der Waals surface area contributed by atoms with E-state index in [0.717, 1.165) is 10.6 Å². The van der Waals surface area contributed by atoms with Crippen LogP contribution in [0.5, 0.6) is 5.75 Å². The number of carbonyl (C=O) groups is 3. The molecule has 0 fully saturated rings. The molecule has 162 valence electrons. The van der Waals surface area contributed by atoms with Gasteiger partial charge in [-0.1, -0.05) is 12.1 Å². The van der Waals surface area contributed by atoms with Gasteiger partial charge in [0.15, 0.2) is 6.61 Å². The molecule has 0 aliphatic rings. The number of methoxy groups -OCH3 is 1. The van der Waals surface area contributed by atoms with E-state index in [2.05, 4.69) is 10.3 Å². The van der Waals surface area contributed by atoms with E-state index in [4.69, 9.17) is 14.2 Å². The number of nitrogens with zero attached hydrogens (tertiary/aromatic N) is 1. The fraction of sp³-hybridized carbons (Fsp3) is 0.238. The molecule has 0 aliphatic heterocycles. The molecule has 1 aromatic carbocycles. The maximum Gasteiger partial charge on any atom is 0.350 e. The maximum atomic E-state index is 12.6. The molecule has 0 atom stereocenters. The third kappa shape index (κ3) is 5.47. The van der Waals surface area contributed by atoms with E-state index in [1.807, 2.05) is 12.1 Å². The molecular weight excluding hydrogens is 440 g/mol. The predicted octanol–water partition coefficient (Wildman–Crippen LogP) is 4.16. The molecule has 0 spiro atoms. The third-order valence-corrected chi connectivity index (χ3v) is 5.87. The average molecular weight is 461 g/mol. The number of hydrogen-bond acceptors (Lipinski definition) is 9. The van der Waals surface area contributed by atoms with Crippen molar-refractivity contribution in [3.8, 4) is 16.9 Å². The summed E-state index contributed by atoms with van der Waals surface area (Å²) in [6, 6.07) is 7.18. The van der Waals surface area contributed by atoms with Gasteiger partial charge in [0, 0.05) is 10.9 Å². The molecule has 2 aromatic heterocycles. The van der Waals surface area contributed by atoms with Crippen LogP contribution in [0, 0.1) is 6.92 Å². The Morgan fingerprint density at radius 3 is 2.45 bits per heavy atom. The summed E-state index contributed by atoms with van der Waals surface area (Å²) in [4.78, 5) is 41.3. The van der Waals surface area contributed by atoms with Crippen LogP contribution < -0.4 is 10.1 Å². The van der Waals surface area contributed by atoms with E-state index in [1.165, 1.54) is 28.9 Å². The van der Waals surface area contributed by atoms with Crippen LogP contribution in [0.3, 0.4) is 0 Å². The predicted molar refractivity (Wildman–Crippen MR) is 118 cm³/mol. The molecule has 0 bridgehead atoms. The lowest BCUT2D eigenvalue weighted by Gasteiger charge is -2.09. The van der Waals surface area contributed by atoms with Crippen LogP contribution >= 0.6 is 22.7 Å². The molecule has 31 heavy (non-hydrogen) atoms.